The first kappa shape index (κ1) is 10.9. The molecule has 1 N–H and O–H groups in total. The Labute approximate surface area is 93.7 Å². The number of rotatable bonds is 1. The number of phenolic OH excluding ortho intramolecular Hbond substituents is 1. The van der Waals surface area contributed by atoms with Crippen LogP contribution in [0.5, 0.6) is 5.75 Å². The molecular weight excluding hydrogens is 241 g/mol. The molecule has 0 bridgehead atoms. The number of furan rings is 1. The minimum absolute atomic E-state index is 0.0447. The Balaban J connectivity index is 2.66. The fourth-order valence-corrected chi connectivity index (χ4v) is 1.41. The van der Waals surface area contributed by atoms with Crippen molar-refractivity contribution in [2.45, 2.75) is 4.90 Å². The fourth-order valence-electron chi connectivity index (χ4n) is 1.24. The standard InChI is InChI=1S/C10H5F3O2S/c11-6-2-5(7-1-4(16)3-15-7)8(12)10(14)9(6)13/h1-3,14,16H. The van der Waals surface area contributed by atoms with E-state index in [0.717, 1.165) is 0 Å². The molecule has 0 unspecified atom stereocenters. The monoisotopic (exact) mass is 246 g/mol. The van der Waals surface area contributed by atoms with Crippen molar-refractivity contribution >= 4 is 12.6 Å². The zero-order valence-electron chi connectivity index (χ0n) is 7.67. The van der Waals surface area contributed by atoms with Gasteiger partial charge in [-0.25, -0.2) is 8.78 Å². The van der Waals surface area contributed by atoms with Gasteiger partial charge in [0.25, 0.3) is 0 Å². The molecule has 1 aromatic heterocycles. The van der Waals surface area contributed by atoms with Crippen LogP contribution < -0.4 is 0 Å². The van der Waals surface area contributed by atoms with Gasteiger partial charge < -0.3 is 9.52 Å². The average molecular weight is 246 g/mol. The topological polar surface area (TPSA) is 33.4 Å². The Bertz CT molecular complexity index is 551. The van der Waals surface area contributed by atoms with Crippen LogP contribution in [-0.2, 0) is 0 Å². The largest absolute Gasteiger partial charge is 0.503 e. The summed E-state index contributed by atoms with van der Waals surface area (Å²) < 4.78 is 44.0. The molecule has 16 heavy (non-hydrogen) atoms. The molecule has 1 heterocycles. The number of benzene rings is 1. The summed E-state index contributed by atoms with van der Waals surface area (Å²) in [5.74, 6) is -5.67. The van der Waals surface area contributed by atoms with Crippen LogP contribution in [0.1, 0.15) is 0 Å². The van der Waals surface area contributed by atoms with E-state index in [2.05, 4.69) is 12.6 Å². The second-order valence-corrected chi connectivity index (χ2v) is 3.57. The van der Waals surface area contributed by atoms with E-state index in [-0.39, 0.29) is 11.3 Å². The van der Waals surface area contributed by atoms with Crippen molar-refractivity contribution in [2.24, 2.45) is 0 Å². The van der Waals surface area contributed by atoms with E-state index in [1.165, 1.54) is 12.3 Å². The van der Waals surface area contributed by atoms with Crippen molar-refractivity contribution in [3.8, 4) is 17.1 Å². The van der Waals surface area contributed by atoms with Gasteiger partial charge in [0.15, 0.2) is 17.4 Å². The second kappa shape index (κ2) is 3.79. The predicted octanol–water partition coefficient (Wildman–Crippen LogP) is 3.36. The summed E-state index contributed by atoms with van der Waals surface area (Å²) in [6.07, 6.45) is 1.20. The summed E-state index contributed by atoms with van der Waals surface area (Å²) in [7, 11) is 0. The van der Waals surface area contributed by atoms with E-state index < -0.39 is 23.2 Å². The normalized spacial score (nSPS) is 10.8. The van der Waals surface area contributed by atoms with E-state index in [0.29, 0.717) is 11.0 Å². The van der Waals surface area contributed by atoms with Crippen LogP contribution in [-0.4, -0.2) is 5.11 Å². The molecule has 0 saturated carbocycles. The number of thiol groups is 1. The van der Waals surface area contributed by atoms with Crippen LogP contribution in [0.4, 0.5) is 13.2 Å². The quantitative estimate of drug-likeness (QED) is 0.597. The smallest absolute Gasteiger partial charge is 0.203 e. The summed E-state index contributed by atoms with van der Waals surface area (Å²) in [5.41, 5.74) is -0.364. The lowest BCUT2D eigenvalue weighted by atomic mass is 10.1. The van der Waals surface area contributed by atoms with E-state index in [4.69, 9.17) is 9.52 Å². The third-order valence-electron chi connectivity index (χ3n) is 1.98. The number of phenols is 1. The van der Waals surface area contributed by atoms with Gasteiger partial charge in [-0.15, -0.1) is 12.6 Å². The van der Waals surface area contributed by atoms with Gasteiger partial charge >= 0.3 is 0 Å². The molecule has 0 fully saturated rings. The summed E-state index contributed by atoms with van der Waals surface area (Å²) in [6, 6.07) is 1.93. The Hall–Kier alpha value is -1.56. The summed E-state index contributed by atoms with van der Waals surface area (Å²) in [4.78, 5) is 0.402. The molecule has 84 valence electrons. The van der Waals surface area contributed by atoms with Gasteiger partial charge in [0.2, 0.25) is 5.82 Å². The minimum atomic E-state index is -1.63. The first-order chi connectivity index (χ1) is 7.50. The van der Waals surface area contributed by atoms with Gasteiger partial charge in [0.05, 0.1) is 5.56 Å². The highest BCUT2D eigenvalue weighted by atomic mass is 32.1. The van der Waals surface area contributed by atoms with Crippen molar-refractivity contribution in [3.05, 3.63) is 35.8 Å². The highest BCUT2D eigenvalue weighted by Crippen LogP contribution is 2.33. The van der Waals surface area contributed by atoms with Gasteiger partial charge in [-0.1, -0.05) is 0 Å². The third kappa shape index (κ3) is 1.65. The van der Waals surface area contributed by atoms with Crippen molar-refractivity contribution in [2.75, 3.05) is 0 Å². The van der Waals surface area contributed by atoms with Crippen LogP contribution in [0.2, 0.25) is 0 Å². The van der Waals surface area contributed by atoms with Crippen molar-refractivity contribution in [1.29, 1.82) is 0 Å². The lowest BCUT2D eigenvalue weighted by Gasteiger charge is -2.03. The molecule has 0 aliphatic carbocycles. The summed E-state index contributed by atoms with van der Waals surface area (Å²) in [6.45, 7) is 0. The summed E-state index contributed by atoms with van der Waals surface area (Å²) in [5, 5.41) is 8.99. The minimum Gasteiger partial charge on any atom is -0.503 e. The molecule has 2 aromatic rings. The zero-order valence-corrected chi connectivity index (χ0v) is 8.56. The molecule has 0 amide bonds. The Morgan fingerprint density at radius 3 is 2.38 bits per heavy atom. The number of aromatic hydroxyl groups is 1. The maximum absolute atomic E-state index is 13.4. The predicted molar refractivity (Wildman–Crippen MR) is 52.9 cm³/mol. The SMILES string of the molecule is Oc1c(F)c(F)cc(-c2cc(S)co2)c1F. The first-order valence-corrected chi connectivity index (χ1v) is 4.59. The van der Waals surface area contributed by atoms with Gasteiger partial charge in [-0.3, -0.25) is 0 Å². The molecule has 0 atom stereocenters. The molecule has 0 radical (unpaired) electrons. The van der Waals surface area contributed by atoms with Crippen LogP contribution in [0, 0.1) is 17.5 Å². The average Bonchev–Trinajstić information content (AvgIpc) is 2.67. The maximum Gasteiger partial charge on any atom is 0.203 e. The van der Waals surface area contributed by atoms with E-state index >= 15 is 0 Å². The highest BCUT2D eigenvalue weighted by Gasteiger charge is 2.20. The maximum atomic E-state index is 13.4. The van der Waals surface area contributed by atoms with Crippen LogP contribution in [0.25, 0.3) is 11.3 Å². The van der Waals surface area contributed by atoms with Crippen LogP contribution in [0.3, 0.4) is 0 Å². The first-order valence-electron chi connectivity index (χ1n) is 4.15. The molecular formula is C10H5F3O2S. The second-order valence-electron chi connectivity index (χ2n) is 3.05. The van der Waals surface area contributed by atoms with E-state index in [9.17, 15) is 13.2 Å². The van der Waals surface area contributed by atoms with Gasteiger partial charge in [-0.2, -0.15) is 4.39 Å². The van der Waals surface area contributed by atoms with E-state index in [1.807, 2.05) is 0 Å². The Kier molecular flexibility index (Phi) is 2.59. The molecule has 0 saturated heterocycles. The van der Waals surface area contributed by atoms with Crippen molar-refractivity contribution < 1.29 is 22.7 Å². The lowest BCUT2D eigenvalue weighted by molar-refractivity contribution is 0.376. The lowest BCUT2D eigenvalue weighted by Crippen LogP contribution is -1.92. The number of hydrogen-bond acceptors (Lipinski definition) is 3. The Morgan fingerprint density at radius 1 is 1.12 bits per heavy atom. The van der Waals surface area contributed by atoms with Gasteiger partial charge in [0.1, 0.15) is 12.0 Å². The fraction of sp³-hybridized carbons (Fsp3) is 0. The molecule has 1 aromatic carbocycles. The molecule has 2 rings (SSSR count). The molecule has 0 spiro atoms. The van der Waals surface area contributed by atoms with Gasteiger partial charge in [-0.05, 0) is 12.1 Å². The van der Waals surface area contributed by atoms with Crippen molar-refractivity contribution in [1.82, 2.24) is 0 Å². The van der Waals surface area contributed by atoms with E-state index in [1.54, 1.807) is 0 Å². The van der Waals surface area contributed by atoms with Gasteiger partial charge in [0, 0.05) is 4.90 Å². The molecule has 2 nitrogen and oxygen atoms in total. The molecule has 0 aliphatic heterocycles. The third-order valence-corrected chi connectivity index (χ3v) is 2.22. The summed E-state index contributed by atoms with van der Waals surface area (Å²) >= 11 is 3.92. The van der Waals surface area contributed by atoms with Crippen LogP contribution in [0.15, 0.2) is 27.7 Å². The Morgan fingerprint density at radius 2 is 1.81 bits per heavy atom. The molecule has 6 heteroatoms. The zero-order chi connectivity index (χ0) is 11.9. The highest BCUT2D eigenvalue weighted by molar-refractivity contribution is 7.80. The van der Waals surface area contributed by atoms with Crippen molar-refractivity contribution in [3.63, 3.8) is 0 Å². The molecule has 0 aliphatic rings. The number of hydrogen-bond donors (Lipinski definition) is 2. The number of halogens is 3. The van der Waals surface area contributed by atoms with Crippen LogP contribution >= 0.6 is 12.6 Å².